The highest BCUT2D eigenvalue weighted by Crippen LogP contribution is 2.32. The molecule has 11 nitrogen and oxygen atoms in total. The van der Waals surface area contributed by atoms with Crippen LogP contribution in [0.4, 0.5) is 4.39 Å². The largest absolute Gasteiger partial charge is 0.469 e. The van der Waals surface area contributed by atoms with Crippen LogP contribution in [0.15, 0.2) is 46.5 Å². The zero-order valence-electron chi connectivity index (χ0n) is 22.9. The smallest absolute Gasteiger partial charge is 0.308 e. The first-order chi connectivity index (χ1) is 19.3. The number of nitrogens with zero attached hydrogens (tertiary/aromatic N) is 2. The topological polar surface area (TPSA) is 159 Å². The zero-order chi connectivity index (χ0) is 30.6. The maximum Gasteiger partial charge on any atom is 0.308 e. The Bertz CT molecular complexity index is 1350. The van der Waals surface area contributed by atoms with Gasteiger partial charge in [-0.2, -0.15) is 4.39 Å². The van der Waals surface area contributed by atoms with Crippen molar-refractivity contribution in [3.63, 3.8) is 0 Å². The Morgan fingerprint density at radius 2 is 1.33 bits per heavy atom. The minimum absolute atomic E-state index is 0. The number of hydrogen-bond acceptors (Lipinski definition) is 11. The van der Waals surface area contributed by atoms with Gasteiger partial charge in [-0.15, -0.1) is 12.4 Å². The first kappa shape index (κ1) is 37.9. The van der Waals surface area contributed by atoms with Gasteiger partial charge in [-0.3, -0.25) is 9.59 Å². The Labute approximate surface area is 260 Å². The molecule has 1 aliphatic heterocycles. The number of esters is 2. The van der Waals surface area contributed by atoms with Gasteiger partial charge in [-0.25, -0.2) is 26.8 Å². The van der Waals surface area contributed by atoms with Crippen LogP contribution in [0.5, 0.6) is 0 Å². The van der Waals surface area contributed by atoms with Gasteiger partial charge < -0.3 is 14.8 Å². The molecule has 0 aromatic carbocycles. The molecule has 1 aliphatic carbocycles. The fourth-order valence-electron chi connectivity index (χ4n) is 4.23. The lowest BCUT2D eigenvalue weighted by Crippen LogP contribution is -2.32. The summed E-state index contributed by atoms with van der Waals surface area (Å²) in [6.45, 7) is 1.89. The molecule has 2 aliphatic rings. The summed E-state index contributed by atoms with van der Waals surface area (Å²) in [7, 11) is 0.593. The van der Waals surface area contributed by atoms with Crippen molar-refractivity contribution in [2.75, 3.05) is 27.3 Å². The van der Waals surface area contributed by atoms with Gasteiger partial charge in [0.15, 0.2) is 9.84 Å². The average molecular weight is 693 g/mol. The van der Waals surface area contributed by atoms with Crippen molar-refractivity contribution in [2.24, 2.45) is 11.8 Å². The number of ether oxygens (including phenoxy) is 2. The molecule has 236 valence electrons. The van der Waals surface area contributed by atoms with Gasteiger partial charge in [-0.05, 0) is 75.9 Å². The molecular formula is C25H33Cl3FN3O8S2. The van der Waals surface area contributed by atoms with Crippen molar-refractivity contribution in [2.45, 2.75) is 53.6 Å². The zero-order valence-corrected chi connectivity index (χ0v) is 26.8. The van der Waals surface area contributed by atoms with Crippen LogP contribution in [-0.4, -0.2) is 71.3 Å². The van der Waals surface area contributed by atoms with E-state index in [-0.39, 0.29) is 51.1 Å². The second-order valence-corrected chi connectivity index (χ2v) is 14.3. The van der Waals surface area contributed by atoms with Crippen LogP contribution in [0.2, 0.25) is 5.15 Å². The molecule has 1 N–H and O–H groups in total. The maximum atomic E-state index is 12.7. The third-order valence-corrected chi connectivity index (χ3v) is 10.3. The van der Waals surface area contributed by atoms with E-state index in [1.807, 2.05) is 0 Å². The SMILES string of the molecule is COC(=O)C1CCC(S(=O)(=O)c2ccc(F)nc2)CC1.COC(=O)C1CCNCC1.Cl.O=S(=O)(Cl)c1ccc(Cl)nc1. The predicted molar refractivity (Wildman–Crippen MR) is 156 cm³/mol. The minimum Gasteiger partial charge on any atom is -0.469 e. The van der Waals surface area contributed by atoms with Gasteiger partial charge in [0.05, 0.1) is 36.2 Å². The molecule has 0 bridgehead atoms. The van der Waals surface area contributed by atoms with Crippen LogP contribution in [0.25, 0.3) is 0 Å². The van der Waals surface area contributed by atoms with E-state index in [1.165, 1.54) is 32.4 Å². The molecule has 0 spiro atoms. The fourth-order valence-corrected chi connectivity index (χ4v) is 6.76. The number of carbonyl (C=O) groups excluding carboxylic acids is 2. The molecule has 3 heterocycles. The lowest BCUT2D eigenvalue weighted by molar-refractivity contribution is -0.147. The van der Waals surface area contributed by atoms with Gasteiger partial charge in [0.1, 0.15) is 10.0 Å². The molecule has 42 heavy (non-hydrogen) atoms. The summed E-state index contributed by atoms with van der Waals surface area (Å²) in [5.74, 6) is -1.13. The van der Waals surface area contributed by atoms with E-state index < -0.39 is 30.1 Å². The Morgan fingerprint density at radius 1 is 0.833 bits per heavy atom. The Balaban J connectivity index is 0.000000341. The lowest BCUT2D eigenvalue weighted by atomic mass is 9.89. The van der Waals surface area contributed by atoms with E-state index in [0.717, 1.165) is 44.4 Å². The maximum absolute atomic E-state index is 12.7. The highest BCUT2D eigenvalue weighted by atomic mass is 35.7. The third-order valence-electron chi connectivity index (χ3n) is 6.53. The number of hydrogen-bond donors (Lipinski definition) is 1. The van der Waals surface area contributed by atoms with Gasteiger partial charge in [0, 0.05) is 23.1 Å². The van der Waals surface area contributed by atoms with Crippen LogP contribution >= 0.6 is 34.7 Å². The number of methoxy groups -OCH3 is 2. The molecule has 2 aromatic rings. The van der Waals surface area contributed by atoms with E-state index in [9.17, 15) is 30.8 Å². The van der Waals surface area contributed by atoms with Gasteiger partial charge in [-0.1, -0.05) is 11.6 Å². The summed E-state index contributed by atoms with van der Waals surface area (Å²) in [4.78, 5) is 29.2. The summed E-state index contributed by atoms with van der Waals surface area (Å²) >= 11 is 5.41. The van der Waals surface area contributed by atoms with Crippen LogP contribution in [0.1, 0.15) is 38.5 Å². The van der Waals surface area contributed by atoms with Crippen molar-refractivity contribution in [1.29, 1.82) is 0 Å². The summed E-state index contributed by atoms with van der Waals surface area (Å²) in [6, 6.07) is 4.91. The van der Waals surface area contributed by atoms with Crippen molar-refractivity contribution in [3.8, 4) is 0 Å². The summed E-state index contributed by atoms with van der Waals surface area (Å²) in [5.41, 5.74) is 0. The molecule has 0 amide bonds. The average Bonchev–Trinajstić information content (AvgIpc) is 2.97. The molecule has 0 atom stereocenters. The second-order valence-electron chi connectivity index (χ2n) is 9.16. The van der Waals surface area contributed by atoms with Crippen molar-refractivity contribution in [1.82, 2.24) is 15.3 Å². The molecule has 4 rings (SSSR count). The minimum atomic E-state index is -3.67. The predicted octanol–water partition coefficient (Wildman–Crippen LogP) is 3.97. The first-order valence-electron chi connectivity index (χ1n) is 12.6. The third kappa shape index (κ3) is 11.9. The molecule has 1 saturated heterocycles. The monoisotopic (exact) mass is 691 g/mol. The van der Waals surface area contributed by atoms with E-state index in [4.69, 9.17) is 22.3 Å². The highest BCUT2D eigenvalue weighted by molar-refractivity contribution is 8.13. The van der Waals surface area contributed by atoms with E-state index in [2.05, 4.69) is 24.8 Å². The summed E-state index contributed by atoms with van der Waals surface area (Å²) < 4.78 is 68.0. The van der Waals surface area contributed by atoms with Gasteiger partial charge in [0.25, 0.3) is 9.05 Å². The van der Waals surface area contributed by atoms with Gasteiger partial charge in [0.2, 0.25) is 5.95 Å². The number of pyridine rings is 2. The van der Waals surface area contributed by atoms with Crippen molar-refractivity contribution < 1.29 is 40.3 Å². The lowest BCUT2D eigenvalue weighted by Gasteiger charge is -2.26. The van der Waals surface area contributed by atoms with Crippen LogP contribution < -0.4 is 5.32 Å². The van der Waals surface area contributed by atoms with Crippen molar-refractivity contribution in [3.05, 3.63) is 47.8 Å². The quantitative estimate of drug-likeness (QED) is 0.275. The standard InChI is InChI=1S/C13H16FNO4S.C7H13NO2.C5H3Cl2NO2S.ClH/c1-19-13(16)9-2-4-10(5-3-9)20(17,18)11-6-7-12(14)15-8-11;1-10-7(9)6-2-4-8-5-3-6;6-5-2-1-4(3-8-5)11(7,9)10;/h6-10H,2-5H2,1H3;6,8H,2-5H2,1H3;1-3H;1H. The molecule has 2 fully saturated rings. The van der Waals surface area contributed by atoms with Crippen molar-refractivity contribution >= 4 is 65.5 Å². The first-order valence-corrected chi connectivity index (χ1v) is 16.8. The summed E-state index contributed by atoms with van der Waals surface area (Å²) in [5, 5.41) is 2.87. The number of piperidine rings is 1. The highest BCUT2D eigenvalue weighted by Gasteiger charge is 2.35. The van der Waals surface area contributed by atoms with E-state index in [0.29, 0.717) is 25.7 Å². The Morgan fingerprint density at radius 3 is 1.76 bits per heavy atom. The van der Waals surface area contributed by atoms with Crippen LogP contribution in [0.3, 0.4) is 0 Å². The number of aromatic nitrogens is 2. The molecule has 0 radical (unpaired) electrons. The van der Waals surface area contributed by atoms with E-state index in [1.54, 1.807) is 0 Å². The molecule has 1 saturated carbocycles. The normalized spacial score (nSPS) is 19.0. The Kier molecular flexibility index (Phi) is 16.1. The fraction of sp³-hybridized carbons (Fsp3) is 0.520. The molecule has 0 unspecified atom stereocenters. The number of halogens is 4. The summed E-state index contributed by atoms with van der Waals surface area (Å²) in [6.07, 6.45) is 5.77. The number of rotatable bonds is 5. The van der Waals surface area contributed by atoms with Gasteiger partial charge >= 0.3 is 11.9 Å². The number of carbonyl (C=O) groups is 2. The number of nitrogens with one attached hydrogen (secondary N) is 1. The molecule has 2 aromatic heterocycles. The Hall–Kier alpha value is -2.10. The van der Waals surface area contributed by atoms with Crippen LogP contribution in [-0.2, 0) is 38.0 Å². The second kappa shape index (κ2) is 17.9. The van der Waals surface area contributed by atoms with Crippen LogP contribution in [0, 0.1) is 17.8 Å². The molecular weight excluding hydrogens is 660 g/mol. The van der Waals surface area contributed by atoms with E-state index >= 15 is 0 Å². The molecule has 17 heteroatoms. The number of sulfone groups is 1.